The second-order valence-corrected chi connectivity index (χ2v) is 4.66. The number of rotatable bonds is 2. The summed E-state index contributed by atoms with van der Waals surface area (Å²) in [4.78, 5) is 18.7. The summed E-state index contributed by atoms with van der Waals surface area (Å²) in [5.74, 6) is -1.02. The number of aromatic amines is 1. The third kappa shape index (κ3) is 3.10. The van der Waals surface area contributed by atoms with Gasteiger partial charge < -0.3 is 14.8 Å². The molecule has 0 aliphatic heterocycles. The SMILES string of the molecule is O=c1[nH]c(-c2ccc(OC(F)(F)F)cc2O)nc2ccccc12. The van der Waals surface area contributed by atoms with Gasteiger partial charge in [0.25, 0.3) is 5.56 Å². The van der Waals surface area contributed by atoms with Crippen LogP contribution in [0.25, 0.3) is 22.3 Å². The summed E-state index contributed by atoms with van der Waals surface area (Å²) in [7, 11) is 0. The number of fused-ring (bicyclic) bond motifs is 1. The van der Waals surface area contributed by atoms with Gasteiger partial charge in [-0.15, -0.1) is 13.2 Å². The number of benzene rings is 2. The number of alkyl halides is 3. The van der Waals surface area contributed by atoms with Crippen LogP contribution in [0, 0.1) is 0 Å². The van der Waals surface area contributed by atoms with E-state index in [-0.39, 0.29) is 11.4 Å². The number of ether oxygens (including phenoxy) is 1. The molecule has 0 unspecified atom stereocenters. The summed E-state index contributed by atoms with van der Waals surface area (Å²) in [5.41, 5.74) is 0.0734. The molecule has 0 atom stereocenters. The topological polar surface area (TPSA) is 75.2 Å². The lowest BCUT2D eigenvalue weighted by Gasteiger charge is -2.10. The fraction of sp³-hybridized carbons (Fsp3) is 0.0667. The van der Waals surface area contributed by atoms with Crippen LogP contribution >= 0.6 is 0 Å². The number of halogens is 3. The highest BCUT2D eigenvalue weighted by molar-refractivity contribution is 5.80. The van der Waals surface area contributed by atoms with Gasteiger partial charge in [0.05, 0.1) is 16.5 Å². The zero-order valence-electron chi connectivity index (χ0n) is 11.4. The molecule has 2 aromatic carbocycles. The summed E-state index contributed by atoms with van der Waals surface area (Å²) in [5, 5.41) is 10.3. The molecule has 5 nitrogen and oxygen atoms in total. The number of phenols is 1. The highest BCUT2D eigenvalue weighted by atomic mass is 19.4. The van der Waals surface area contributed by atoms with E-state index in [1.165, 1.54) is 6.07 Å². The van der Waals surface area contributed by atoms with Gasteiger partial charge in [-0.1, -0.05) is 12.1 Å². The Morgan fingerprint density at radius 2 is 1.87 bits per heavy atom. The Morgan fingerprint density at radius 1 is 1.13 bits per heavy atom. The Kier molecular flexibility index (Phi) is 3.44. The molecule has 1 heterocycles. The number of nitrogens with zero attached hydrogens (tertiary/aromatic N) is 1. The van der Waals surface area contributed by atoms with Crippen molar-refractivity contribution in [3.63, 3.8) is 0 Å². The molecule has 8 heteroatoms. The van der Waals surface area contributed by atoms with Gasteiger partial charge >= 0.3 is 6.36 Å². The second-order valence-electron chi connectivity index (χ2n) is 4.66. The van der Waals surface area contributed by atoms with Crippen molar-refractivity contribution in [3.8, 4) is 22.9 Å². The minimum absolute atomic E-state index is 0.0461. The van der Waals surface area contributed by atoms with Crippen molar-refractivity contribution >= 4 is 10.9 Å². The zero-order chi connectivity index (χ0) is 16.6. The third-order valence-corrected chi connectivity index (χ3v) is 3.07. The van der Waals surface area contributed by atoms with Crippen LogP contribution in [0.15, 0.2) is 47.3 Å². The highest BCUT2D eigenvalue weighted by Crippen LogP contribution is 2.32. The van der Waals surface area contributed by atoms with E-state index in [4.69, 9.17) is 0 Å². The predicted octanol–water partition coefficient (Wildman–Crippen LogP) is 3.19. The van der Waals surface area contributed by atoms with Gasteiger partial charge in [0, 0.05) is 6.07 Å². The minimum atomic E-state index is -4.86. The van der Waals surface area contributed by atoms with Crippen LogP contribution in [-0.4, -0.2) is 21.4 Å². The van der Waals surface area contributed by atoms with Crippen LogP contribution in [-0.2, 0) is 0 Å². The Labute approximate surface area is 127 Å². The van der Waals surface area contributed by atoms with E-state index in [9.17, 15) is 23.1 Å². The van der Waals surface area contributed by atoms with Crippen LogP contribution in [0.5, 0.6) is 11.5 Å². The standard InChI is InChI=1S/C15H9F3N2O3/c16-15(17,18)23-8-5-6-10(12(21)7-8)13-19-11-4-2-1-3-9(11)14(22)20-13/h1-7,21H,(H,19,20,22). The molecule has 0 fully saturated rings. The molecule has 2 N–H and O–H groups in total. The number of aromatic hydroxyl groups is 1. The Morgan fingerprint density at radius 3 is 2.57 bits per heavy atom. The number of phenolic OH excluding ortho intramolecular Hbond substituents is 1. The monoisotopic (exact) mass is 322 g/mol. The van der Waals surface area contributed by atoms with Crippen molar-refractivity contribution < 1.29 is 23.0 Å². The van der Waals surface area contributed by atoms with Crippen LogP contribution in [0.1, 0.15) is 0 Å². The lowest BCUT2D eigenvalue weighted by molar-refractivity contribution is -0.274. The largest absolute Gasteiger partial charge is 0.573 e. The summed E-state index contributed by atoms with van der Waals surface area (Å²) in [6.45, 7) is 0. The fourth-order valence-electron chi connectivity index (χ4n) is 2.12. The average Bonchev–Trinajstić information content (AvgIpc) is 2.45. The molecule has 0 saturated heterocycles. The first-order chi connectivity index (χ1) is 10.8. The van der Waals surface area contributed by atoms with E-state index in [0.717, 1.165) is 12.1 Å². The van der Waals surface area contributed by atoms with E-state index in [1.54, 1.807) is 24.3 Å². The fourth-order valence-corrected chi connectivity index (χ4v) is 2.12. The Hall–Kier alpha value is -3.03. The maximum Gasteiger partial charge on any atom is 0.573 e. The molecule has 3 rings (SSSR count). The molecule has 0 saturated carbocycles. The lowest BCUT2D eigenvalue weighted by Crippen LogP contribution is -2.17. The number of nitrogens with one attached hydrogen (secondary N) is 1. The first kappa shape index (κ1) is 14.9. The Bertz CT molecular complexity index is 935. The van der Waals surface area contributed by atoms with Gasteiger partial charge in [0.15, 0.2) is 0 Å². The van der Waals surface area contributed by atoms with E-state index >= 15 is 0 Å². The average molecular weight is 322 g/mol. The minimum Gasteiger partial charge on any atom is -0.507 e. The smallest absolute Gasteiger partial charge is 0.507 e. The number of hydrogen-bond donors (Lipinski definition) is 2. The first-order valence-corrected chi connectivity index (χ1v) is 6.42. The third-order valence-electron chi connectivity index (χ3n) is 3.07. The van der Waals surface area contributed by atoms with Gasteiger partial charge in [-0.25, -0.2) is 4.98 Å². The van der Waals surface area contributed by atoms with Crippen molar-refractivity contribution in [2.75, 3.05) is 0 Å². The van der Waals surface area contributed by atoms with Crippen molar-refractivity contribution in [1.29, 1.82) is 0 Å². The first-order valence-electron chi connectivity index (χ1n) is 6.42. The molecule has 0 radical (unpaired) electrons. The number of H-pyrrole nitrogens is 1. The maximum absolute atomic E-state index is 12.2. The van der Waals surface area contributed by atoms with Gasteiger partial charge in [0.1, 0.15) is 17.3 Å². The van der Waals surface area contributed by atoms with Crippen molar-refractivity contribution in [1.82, 2.24) is 9.97 Å². The number of hydrogen-bond acceptors (Lipinski definition) is 4. The number of aromatic nitrogens is 2. The quantitative estimate of drug-likeness (QED) is 0.760. The molecule has 1 aromatic heterocycles. The van der Waals surface area contributed by atoms with Crippen LogP contribution < -0.4 is 10.3 Å². The van der Waals surface area contributed by atoms with E-state index in [1.807, 2.05) is 0 Å². The summed E-state index contributed by atoms with van der Waals surface area (Å²) >= 11 is 0. The zero-order valence-corrected chi connectivity index (χ0v) is 11.4. The van der Waals surface area contributed by atoms with Crippen molar-refractivity contribution in [3.05, 3.63) is 52.8 Å². The summed E-state index contributed by atoms with van der Waals surface area (Å²) in [6.07, 6.45) is -4.86. The highest BCUT2D eigenvalue weighted by Gasteiger charge is 2.31. The summed E-state index contributed by atoms with van der Waals surface area (Å²) in [6, 6.07) is 9.59. The van der Waals surface area contributed by atoms with Gasteiger partial charge in [-0.3, -0.25) is 4.79 Å². The van der Waals surface area contributed by atoms with Crippen LogP contribution in [0.3, 0.4) is 0 Å². The van der Waals surface area contributed by atoms with Crippen molar-refractivity contribution in [2.45, 2.75) is 6.36 Å². The van der Waals surface area contributed by atoms with E-state index < -0.39 is 23.4 Å². The van der Waals surface area contributed by atoms with Gasteiger partial charge in [-0.2, -0.15) is 0 Å². The maximum atomic E-state index is 12.2. The molecule has 0 bridgehead atoms. The molecular formula is C15H9F3N2O3. The molecule has 0 spiro atoms. The number of para-hydroxylation sites is 1. The predicted molar refractivity (Wildman–Crippen MR) is 76.1 cm³/mol. The van der Waals surface area contributed by atoms with Crippen molar-refractivity contribution in [2.24, 2.45) is 0 Å². The van der Waals surface area contributed by atoms with Gasteiger partial charge in [-0.05, 0) is 24.3 Å². The van der Waals surface area contributed by atoms with E-state index in [2.05, 4.69) is 14.7 Å². The lowest BCUT2D eigenvalue weighted by atomic mass is 10.1. The molecule has 0 aliphatic rings. The summed E-state index contributed by atoms with van der Waals surface area (Å²) < 4.78 is 40.2. The van der Waals surface area contributed by atoms with E-state index in [0.29, 0.717) is 10.9 Å². The molecule has 118 valence electrons. The second kappa shape index (κ2) is 5.31. The normalized spacial score (nSPS) is 11.6. The molecular weight excluding hydrogens is 313 g/mol. The van der Waals surface area contributed by atoms with Crippen LogP contribution in [0.4, 0.5) is 13.2 Å². The molecule has 23 heavy (non-hydrogen) atoms. The molecule has 0 aliphatic carbocycles. The molecule has 0 amide bonds. The van der Waals surface area contributed by atoms with Gasteiger partial charge in [0.2, 0.25) is 0 Å². The van der Waals surface area contributed by atoms with Crippen LogP contribution in [0.2, 0.25) is 0 Å². The molecule has 3 aromatic rings. The Balaban J connectivity index is 2.07.